The number of primary amides is 1. The maximum absolute atomic E-state index is 11.3. The molecule has 0 aliphatic rings. The Morgan fingerprint density at radius 1 is 1.11 bits per heavy atom. The van der Waals surface area contributed by atoms with Gasteiger partial charge in [0, 0.05) is 16.8 Å². The van der Waals surface area contributed by atoms with Crippen LogP contribution in [0.15, 0.2) is 30.3 Å². The zero-order chi connectivity index (χ0) is 12.9. The molecule has 1 amide bonds. The van der Waals surface area contributed by atoms with Gasteiger partial charge in [-0.25, -0.2) is 0 Å². The minimum absolute atomic E-state index is 0.201. The molecule has 0 spiro atoms. The normalized spacial score (nSPS) is 11.1. The van der Waals surface area contributed by atoms with Gasteiger partial charge in [0.2, 0.25) is 0 Å². The maximum Gasteiger partial charge on any atom is 0.250 e. The predicted octanol–water partition coefficient (Wildman–Crippen LogP) is 1.83. The Labute approximate surface area is 101 Å². The Bertz CT molecular complexity index is 790. The van der Waals surface area contributed by atoms with Crippen LogP contribution in [-0.2, 0) is 0 Å². The van der Waals surface area contributed by atoms with Gasteiger partial charge in [0.15, 0.2) is 11.5 Å². The van der Waals surface area contributed by atoms with Crippen molar-refractivity contribution in [2.45, 2.75) is 0 Å². The fraction of sp³-hybridized carbons (Fsp3) is 0. The fourth-order valence-electron chi connectivity index (χ4n) is 2.15. The molecular formula is C13H10N2O3. The van der Waals surface area contributed by atoms with Crippen LogP contribution in [0.1, 0.15) is 10.4 Å². The summed E-state index contributed by atoms with van der Waals surface area (Å²) in [5.74, 6) is -0.942. The van der Waals surface area contributed by atoms with E-state index in [0.717, 1.165) is 10.8 Å². The third-order valence-electron chi connectivity index (χ3n) is 2.99. The van der Waals surface area contributed by atoms with Crippen LogP contribution in [0.3, 0.4) is 0 Å². The van der Waals surface area contributed by atoms with Crippen LogP contribution in [0.25, 0.3) is 21.8 Å². The Hall–Kier alpha value is -2.69. The number of nitrogens with one attached hydrogen (secondary N) is 1. The van der Waals surface area contributed by atoms with Gasteiger partial charge in [0.1, 0.15) is 0 Å². The smallest absolute Gasteiger partial charge is 0.250 e. The Kier molecular flexibility index (Phi) is 1.98. The van der Waals surface area contributed by atoms with Crippen molar-refractivity contribution in [1.82, 2.24) is 4.98 Å². The van der Waals surface area contributed by atoms with E-state index in [0.29, 0.717) is 16.6 Å². The van der Waals surface area contributed by atoms with Crippen molar-refractivity contribution in [3.8, 4) is 11.5 Å². The Balaban J connectivity index is 2.51. The van der Waals surface area contributed by atoms with Crippen LogP contribution in [0, 0.1) is 0 Å². The molecule has 0 fully saturated rings. The molecule has 0 bridgehead atoms. The standard InChI is InChI=1S/C13H10N2O3/c14-13(18)7-3-1-2-6-8-4-10(16)11(17)5-9(8)15-12(6)7/h1-5,15-17H,(H2,14,18). The summed E-state index contributed by atoms with van der Waals surface area (Å²) in [6.45, 7) is 0. The van der Waals surface area contributed by atoms with Crippen molar-refractivity contribution in [2.24, 2.45) is 5.73 Å². The summed E-state index contributed by atoms with van der Waals surface area (Å²) in [5, 5.41) is 20.5. The summed E-state index contributed by atoms with van der Waals surface area (Å²) in [7, 11) is 0. The van der Waals surface area contributed by atoms with Crippen LogP contribution < -0.4 is 5.73 Å². The van der Waals surface area contributed by atoms with E-state index in [2.05, 4.69) is 4.98 Å². The average Bonchev–Trinajstić information content (AvgIpc) is 2.67. The number of carbonyl (C=O) groups is 1. The van der Waals surface area contributed by atoms with Crippen molar-refractivity contribution >= 4 is 27.7 Å². The van der Waals surface area contributed by atoms with E-state index in [1.807, 2.05) is 6.07 Å². The molecule has 5 heteroatoms. The molecule has 90 valence electrons. The minimum Gasteiger partial charge on any atom is -0.504 e. The third kappa shape index (κ3) is 1.31. The number of hydrogen-bond acceptors (Lipinski definition) is 3. The Morgan fingerprint density at radius 2 is 1.83 bits per heavy atom. The fourth-order valence-corrected chi connectivity index (χ4v) is 2.15. The van der Waals surface area contributed by atoms with E-state index < -0.39 is 5.91 Å². The lowest BCUT2D eigenvalue weighted by Gasteiger charge is -1.98. The van der Waals surface area contributed by atoms with Gasteiger partial charge >= 0.3 is 0 Å². The van der Waals surface area contributed by atoms with Gasteiger partial charge in [-0.2, -0.15) is 0 Å². The molecule has 1 heterocycles. The highest BCUT2D eigenvalue weighted by atomic mass is 16.3. The molecule has 5 nitrogen and oxygen atoms in total. The van der Waals surface area contributed by atoms with Gasteiger partial charge in [0.25, 0.3) is 5.91 Å². The maximum atomic E-state index is 11.3. The quantitative estimate of drug-likeness (QED) is 0.490. The second kappa shape index (κ2) is 3.40. The molecule has 0 unspecified atom stereocenters. The molecular weight excluding hydrogens is 232 g/mol. The number of para-hydroxylation sites is 1. The number of aromatic amines is 1. The van der Waals surface area contributed by atoms with Gasteiger partial charge in [-0.05, 0) is 12.1 Å². The highest BCUT2D eigenvalue weighted by molar-refractivity contribution is 6.15. The van der Waals surface area contributed by atoms with E-state index in [9.17, 15) is 15.0 Å². The molecule has 0 aliphatic heterocycles. The molecule has 1 aromatic heterocycles. The van der Waals surface area contributed by atoms with Crippen molar-refractivity contribution in [3.05, 3.63) is 35.9 Å². The average molecular weight is 242 g/mol. The number of fused-ring (bicyclic) bond motifs is 3. The summed E-state index contributed by atoms with van der Waals surface area (Å²) in [6, 6.07) is 8.03. The highest BCUT2D eigenvalue weighted by Gasteiger charge is 2.13. The lowest BCUT2D eigenvalue weighted by atomic mass is 10.1. The van der Waals surface area contributed by atoms with E-state index >= 15 is 0 Å². The number of benzene rings is 2. The minimum atomic E-state index is -0.527. The molecule has 0 aliphatic carbocycles. The molecule has 0 radical (unpaired) electrons. The first-order valence-corrected chi connectivity index (χ1v) is 5.34. The van der Waals surface area contributed by atoms with Crippen molar-refractivity contribution < 1.29 is 15.0 Å². The highest BCUT2D eigenvalue weighted by Crippen LogP contribution is 2.35. The summed E-state index contributed by atoms with van der Waals surface area (Å²) in [5.41, 5.74) is 6.92. The first-order chi connectivity index (χ1) is 8.58. The topological polar surface area (TPSA) is 99.3 Å². The van der Waals surface area contributed by atoms with E-state index in [1.54, 1.807) is 12.1 Å². The third-order valence-corrected chi connectivity index (χ3v) is 2.99. The number of hydrogen-bond donors (Lipinski definition) is 4. The number of H-pyrrole nitrogens is 1. The number of nitrogens with two attached hydrogens (primary N) is 1. The Morgan fingerprint density at radius 3 is 2.56 bits per heavy atom. The SMILES string of the molecule is NC(=O)c1cccc2c1[nH]c1cc(O)c(O)cc12. The number of phenolic OH excluding ortho intramolecular Hbond substituents is 2. The summed E-state index contributed by atoms with van der Waals surface area (Å²) < 4.78 is 0. The van der Waals surface area contributed by atoms with Crippen molar-refractivity contribution in [2.75, 3.05) is 0 Å². The first kappa shape index (κ1) is 10.5. The molecule has 2 aromatic carbocycles. The van der Waals surface area contributed by atoms with Crippen LogP contribution in [-0.4, -0.2) is 21.1 Å². The number of amides is 1. The second-order valence-electron chi connectivity index (χ2n) is 4.10. The molecule has 0 atom stereocenters. The molecule has 3 aromatic rings. The van der Waals surface area contributed by atoms with Gasteiger partial charge in [-0.1, -0.05) is 12.1 Å². The number of rotatable bonds is 1. The van der Waals surface area contributed by atoms with Gasteiger partial charge in [-0.3, -0.25) is 4.79 Å². The zero-order valence-corrected chi connectivity index (χ0v) is 9.27. The van der Waals surface area contributed by atoms with E-state index in [4.69, 9.17) is 5.73 Å². The monoisotopic (exact) mass is 242 g/mol. The molecule has 5 N–H and O–H groups in total. The number of aromatic nitrogens is 1. The molecule has 18 heavy (non-hydrogen) atoms. The van der Waals surface area contributed by atoms with Gasteiger partial charge < -0.3 is 20.9 Å². The molecule has 0 saturated heterocycles. The van der Waals surface area contributed by atoms with Crippen molar-refractivity contribution in [1.29, 1.82) is 0 Å². The molecule has 0 saturated carbocycles. The molecule has 3 rings (SSSR count). The summed E-state index contributed by atoms with van der Waals surface area (Å²) >= 11 is 0. The number of carbonyl (C=O) groups excluding carboxylic acids is 1. The van der Waals surface area contributed by atoms with Crippen LogP contribution in [0.2, 0.25) is 0 Å². The van der Waals surface area contributed by atoms with Crippen LogP contribution >= 0.6 is 0 Å². The lowest BCUT2D eigenvalue weighted by Crippen LogP contribution is -2.11. The van der Waals surface area contributed by atoms with E-state index in [-0.39, 0.29) is 11.5 Å². The first-order valence-electron chi connectivity index (χ1n) is 5.34. The number of aromatic hydroxyl groups is 2. The van der Waals surface area contributed by atoms with E-state index in [1.165, 1.54) is 12.1 Å². The van der Waals surface area contributed by atoms with Crippen molar-refractivity contribution in [3.63, 3.8) is 0 Å². The zero-order valence-electron chi connectivity index (χ0n) is 9.27. The number of phenols is 2. The largest absolute Gasteiger partial charge is 0.504 e. The second-order valence-corrected chi connectivity index (χ2v) is 4.10. The van der Waals surface area contributed by atoms with Gasteiger partial charge in [0.05, 0.1) is 16.6 Å². The summed E-state index contributed by atoms with van der Waals surface area (Å²) in [4.78, 5) is 14.4. The summed E-state index contributed by atoms with van der Waals surface area (Å²) in [6.07, 6.45) is 0. The predicted molar refractivity (Wildman–Crippen MR) is 67.7 cm³/mol. The van der Waals surface area contributed by atoms with Crippen LogP contribution in [0.4, 0.5) is 0 Å². The van der Waals surface area contributed by atoms with Gasteiger partial charge in [-0.15, -0.1) is 0 Å². The lowest BCUT2D eigenvalue weighted by molar-refractivity contribution is 0.100. The van der Waals surface area contributed by atoms with Crippen LogP contribution in [0.5, 0.6) is 11.5 Å².